The first kappa shape index (κ1) is 26.4. The highest BCUT2D eigenvalue weighted by Crippen LogP contribution is 2.37. The molecule has 5 rings (SSSR count). The van der Waals surface area contributed by atoms with E-state index in [9.17, 15) is 14.7 Å². The molecule has 3 amide bonds. The molecule has 2 heterocycles. The summed E-state index contributed by atoms with van der Waals surface area (Å²) >= 11 is 0. The van der Waals surface area contributed by atoms with Crippen molar-refractivity contribution in [3.8, 4) is 0 Å². The SMILES string of the molecule is C[C@H]1[C@@H](c2ccccc2)N(C(=O)[C@@H]([C@H](O)c2ccco2)N(Cc2ccccc2)Cc2ccccc2)C(=O)N1C. The lowest BCUT2D eigenvalue weighted by atomic mass is 9.97. The van der Waals surface area contributed by atoms with Gasteiger partial charge < -0.3 is 14.4 Å². The van der Waals surface area contributed by atoms with Crippen LogP contribution in [0, 0.1) is 0 Å². The number of carbonyl (C=O) groups is 2. The number of urea groups is 1. The van der Waals surface area contributed by atoms with Crippen LogP contribution < -0.4 is 0 Å². The van der Waals surface area contributed by atoms with Gasteiger partial charge in [0.2, 0.25) is 0 Å². The molecule has 200 valence electrons. The molecule has 4 aromatic rings. The Kier molecular flexibility index (Phi) is 7.91. The van der Waals surface area contributed by atoms with E-state index in [-0.39, 0.29) is 11.8 Å². The van der Waals surface area contributed by atoms with Crippen LogP contribution >= 0.6 is 0 Å². The number of furan rings is 1. The lowest BCUT2D eigenvalue weighted by molar-refractivity contribution is -0.141. The minimum absolute atomic E-state index is 0.248. The van der Waals surface area contributed by atoms with Crippen molar-refractivity contribution in [3.05, 3.63) is 132 Å². The molecule has 4 atom stereocenters. The summed E-state index contributed by atoms with van der Waals surface area (Å²) in [5.74, 6) is -0.204. The first-order valence-electron chi connectivity index (χ1n) is 13.1. The van der Waals surface area contributed by atoms with Gasteiger partial charge in [-0.3, -0.25) is 14.6 Å². The molecule has 1 N–H and O–H groups in total. The van der Waals surface area contributed by atoms with E-state index in [1.165, 1.54) is 11.2 Å². The molecule has 7 nitrogen and oxygen atoms in total. The molecule has 3 aromatic carbocycles. The molecule has 1 aliphatic heterocycles. The molecule has 1 fully saturated rings. The highest BCUT2D eigenvalue weighted by atomic mass is 16.4. The molecular weight excluding hydrogens is 490 g/mol. The minimum Gasteiger partial charge on any atom is -0.467 e. The van der Waals surface area contributed by atoms with Crippen molar-refractivity contribution in [3.63, 3.8) is 0 Å². The number of rotatable bonds is 9. The molecular formula is C32H33N3O4. The van der Waals surface area contributed by atoms with E-state index in [0.29, 0.717) is 13.1 Å². The van der Waals surface area contributed by atoms with Gasteiger partial charge in [0.25, 0.3) is 5.91 Å². The fourth-order valence-corrected chi connectivity index (χ4v) is 5.34. The second kappa shape index (κ2) is 11.7. The predicted molar refractivity (Wildman–Crippen MR) is 148 cm³/mol. The van der Waals surface area contributed by atoms with Crippen molar-refractivity contribution in [2.75, 3.05) is 7.05 Å². The van der Waals surface area contributed by atoms with Crippen LogP contribution in [0.3, 0.4) is 0 Å². The Morgan fingerprint density at radius 3 is 1.92 bits per heavy atom. The molecule has 0 unspecified atom stereocenters. The van der Waals surface area contributed by atoms with Gasteiger partial charge in [-0.2, -0.15) is 0 Å². The number of carbonyl (C=O) groups excluding carboxylic acids is 2. The fraction of sp³-hybridized carbons (Fsp3) is 0.250. The van der Waals surface area contributed by atoms with Gasteiger partial charge in [0.05, 0.1) is 18.3 Å². The van der Waals surface area contributed by atoms with Crippen LogP contribution in [-0.2, 0) is 17.9 Å². The second-order valence-electron chi connectivity index (χ2n) is 9.98. The van der Waals surface area contributed by atoms with Crippen LogP contribution in [0.25, 0.3) is 0 Å². The fourth-order valence-electron chi connectivity index (χ4n) is 5.34. The Labute approximate surface area is 228 Å². The minimum atomic E-state index is -1.30. The number of benzene rings is 3. The summed E-state index contributed by atoms with van der Waals surface area (Å²) in [5, 5.41) is 11.7. The quantitative estimate of drug-likeness (QED) is 0.318. The Balaban J connectivity index is 1.60. The molecule has 0 saturated carbocycles. The maximum Gasteiger partial charge on any atom is 0.327 e. The Morgan fingerprint density at radius 2 is 1.41 bits per heavy atom. The maximum absolute atomic E-state index is 14.6. The van der Waals surface area contributed by atoms with E-state index in [1.807, 2.05) is 103 Å². The van der Waals surface area contributed by atoms with Gasteiger partial charge in [-0.05, 0) is 35.7 Å². The van der Waals surface area contributed by atoms with Gasteiger partial charge in [0, 0.05) is 20.1 Å². The number of aliphatic hydroxyl groups is 1. The Morgan fingerprint density at radius 1 is 0.872 bits per heavy atom. The zero-order valence-electron chi connectivity index (χ0n) is 22.1. The van der Waals surface area contributed by atoms with Crippen LogP contribution in [0.2, 0.25) is 0 Å². The lowest BCUT2D eigenvalue weighted by Gasteiger charge is -2.36. The number of amides is 3. The molecule has 0 aliphatic carbocycles. The molecule has 1 aromatic heterocycles. The number of hydrogen-bond donors (Lipinski definition) is 1. The van der Waals surface area contributed by atoms with Gasteiger partial charge in [-0.1, -0.05) is 91.0 Å². The van der Waals surface area contributed by atoms with E-state index in [4.69, 9.17) is 4.42 Å². The van der Waals surface area contributed by atoms with Gasteiger partial charge in [0.1, 0.15) is 17.9 Å². The van der Waals surface area contributed by atoms with E-state index >= 15 is 0 Å². The first-order valence-corrected chi connectivity index (χ1v) is 13.1. The Hall–Kier alpha value is -4.20. The van der Waals surface area contributed by atoms with Crippen molar-refractivity contribution in [1.82, 2.24) is 14.7 Å². The molecule has 7 heteroatoms. The maximum atomic E-state index is 14.6. The highest BCUT2D eigenvalue weighted by Gasteiger charge is 2.50. The second-order valence-corrected chi connectivity index (χ2v) is 9.98. The molecule has 0 spiro atoms. The molecule has 0 bridgehead atoms. The first-order chi connectivity index (χ1) is 19.0. The van der Waals surface area contributed by atoms with Gasteiger partial charge in [0.15, 0.2) is 0 Å². The van der Waals surface area contributed by atoms with Crippen LogP contribution in [-0.4, -0.2) is 50.9 Å². The van der Waals surface area contributed by atoms with Crippen LogP contribution in [0.5, 0.6) is 0 Å². The third-order valence-electron chi connectivity index (χ3n) is 7.47. The molecule has 0 radical (unpaired) electrons. The van der Waals surface area contributed by atoms with Crippen molar-refractivity contribution < 1.29 is 19.1 Å². The van der Waals surface area contributed by atoms with Crippen molar-refractivity contribution in [2.45, 2.75) is 44.2 Å². The average molecular weight is 524 g/mol. The summed E-state index contributed by atoms with van der Waals surface area (Å²) in [4.78, 5) is 33.1. The number of nitrogens with zero attached hydrogens (tertiary/aromatic N) is 3. The average Bonchev–Trinajstić information content (AvgIpc) is 3.58. The van der Waals surface area contributed by atoms with Crippen LogP contribution in [0.15, 0.2) is 114 Å². The summed E-state index contributed by atoms with van der Waals surface area (Å²) in [6.07, 6.45) is 0.174. The third-order valence-corrected chi connectivity index (χ3v) is 7.47. The zero-order valence-corrected chi connectivity index (χ0v) is 22.1. The summed E-state index contributed by atoms with van der Waals surface area (Å²) in [6, 6.07) is 30.3. The largest absolute Gasteiger partial charge is 0.467 e. The van der Waals surface area contributed by atoms with E-state index < -0.39 is 30.1 Å². The molecule has 39 heavy (non-hydrogen) atoms. The van der Waals surface area contributed by atoms with Gasteiger partial charge >= 0.3 is 6.03 Å². The third kappa shape index (κ3) is 5.50. The monoisotopic (exact) mass is 523 g/mol. The normalized spacial score (nSPS) is 18.9. The summed E-state index contributed by atoms with van der Waals surface area (Å²) in [6.45, 7) is 2.70. The smallest absolute Gasteiger partial charge is 0.327 e. The number of aliphatic hydroxyl groups excluding tert-OH is 1. The number of likely N-dealkylation sites (N-methyl/N-ethyl adjacent to an activating group) is 1. The van der Waals surface area contributed by atoms with Crippen molar-refractivity contribution in [2.24, 2.45) is 0 Å². The topological polar surface area (TPSA) is 77.2 Å². The van der Waals surface area contributed by atoms with Crippen LogP contribution in [0.1, 0.15) is 41.5 Å². The number of hydrogen-bond acceptors (Lipinski definition) is 5. The van der Waals surface area contributed by atoms with Crippen LogP contribution in [0.4, 0.5) is 4.79 Å². The van der Waals surface area contributed by atoms with Gasteiger partial charge in [-0.25, -0.2) is 4.79 Å². The zero-order chi connectivity index (χ0) is 27.4. The number of imide groups is 1. The van der Waals surface area contributed by atoms with E-state index in [1.54, 1.807) is 24.1 Å². The predicted octanol–water partition coefficient (Wildman–Crippen LogP) is 5.41. The standard InChI is InChI=1S/C32H33N3O4/c1-23-28(26-17-10-5-11-18-26)35(32(38)33(23)2)31(37)29(30(36)27-19-12-20-39-27)34(21-24-13-6-3-7-14-24)22-25-15-8-4-9-16-25/h3-20,23,28-30,36H,21-22H2,1-2H3/t23-,28-,29+,30+/m0/s1. The highest BCUT2D eigenvalue weighted by molar-refractivity contribution is 5.99. The van der Waals surface area contributed by atoms with Crippen molar-refractivity contribution in [1.29, 1.82) is 0 Å². The van der Waals surface area contributed by atoms with E-state index in [0.717, 1.165) is 16.7 Å². The Bertz CT molecular complexity index is 1320. The summed E-state index contributed by atoms with van der Waals surface area (Å²) in [5.41, 5.74) is 2.83. The molecule has 1 aliphatic rings. The van der Waals surface area contributed by atoms with E-state index in [2.05, 4.69) is 0 Å². The van der Waals surface area contributed by atoms with Gasteiger partial charge in [-0.15, -0.1) is 0 Å². The summed E-state index contributed by atoms with van der Waals surface area (Å²) < 4.78 is 5.58. The molecule has 1 saturated heterocycles. The van der Waals surface area contributed by atoms with Crippen molar-refractivity contribution >= 4 is 11.9 Å². The summed E-state index contributed by atoms with van der Waals surface area (Å²) in [7, 11) is 1.71. The lowest BCUT2D eigenvalue weighted by Crippen LogP contribution is -2.52.